The van der Waals surface area contributed by atoms with Crippen molar-refractivity contribution in [2.75, 3.05) is 0 Å². The van der Waals surface area contributed by atoms with Gasteiger partial charge in [0.1, 0.15) is 0 Å². The van der Waals surface area contributed by atoms with Crippen molar-refractivity contribution in [3.63, 3.8) is 0 Å². The Morgan fingerprint density at radius 1 is 1.75 bits per heavy atom. The molecule has 0 radical (unpaired) electrons. The summed E-state index contributed by atoms with van der Waals surface area (Å²) in [5.41, 5.74) is 1.16. The van der Waals surface area contributed by atoms with E-state index in [-0.39, 0.29) is 0 Å². The minimum absolute atomic E-state index is 1.03. The standard InChI is InChI=1S/C5H9BN2/c1-6-5-3-8(2)4-7-5/h3-4,6H,1-2H3. The molecule has 8 heavy (non-hydrogen) atoms. The maximum absolute atomic E-state index is 4.10. The second-order valence-electron chi connectivity index (χ2n) is 1.88. The third-order valence-electron chi connectivity index (χ3n) is 1.12. The van der Waals surface area contributed by atoms with Crippen molar-refractivity contribution in [1.82, 2.24) is 9.55 Å². The predicted octanol–water partition coefficient (Wildman–Crippen LogP) is -0.470. The van der Waals surface area contributed by atoms with Crippen LogP contribution in [0, 0.1) is 0 Å². The molecule has 0 fully saturated rings. The maximum atomic E-state index is 4.10. The molecule has 0 unspecified atom stereocenters. The molecule has 0 aliphatic heterocycles. The molecule has 0 bridgehead atoms. The van der Waals surface area contributed by atoms with E-state index in [2.05, 4.69) is 11.8 Å². The van der Waals surface area contributed by atoms with Gasteiger partial charge in [-0.1, -0.05) is 6.82 Å². The molecule has 0 spiro atoms. The first kappa shape index (κ1) is 5.41. The van der Waals surface area contributed by atoms with Crippen LogP contribution >= 0.6 is 0 Å². The third kappa shape index (κ3) is 0.913. The Morgan fingerprint density at radius 3 is 2.75 bits per heavy atom. The van der Waals surface area contributed by atoms with Crippen LogP contribution < -0.4 is 5.59 Å². The second-order valence-corrected chi connectivity index (χ2v) is 1.88. The Hall–Kier alpha value is -0.725. The van der Waals surface area contributed by atoms with Gasteiger partial charge in [-0.2, -0.15) is 0 Å². The number of hydrogen-bond acceptors (Lipinski definition) is 1. The fourth-order valence-electron chi connectivity index (χ4n) is 0.650. The van der Waals surface area contributed by atoms with Crippen molar-refractivity contribution in [1.29, 1.82) is 0 Å². The van der Waals surface area contributed by atoms with Gasteiger partial charge in [0.05, 0.1) is 6.33 Å². The molecular weight excluding hydrogens is 98.9 g/mol. The normalized spacial score (nSPS) is 9.25. The fourth-order valence-corrected chi connectivity index (χ4v) is 0.650. The molecule has 1 rings (SSSR count). The molecule has 3 heteroatoms. The highest BCUT2D eigenvalue weighted by Gasteiger charge is 1.89. The third-order valence-corrected chi connectivity index (χ3v) is 1.12. The van der Waals surface area contributed by atoms with Gasteiger partial charge in [0.2, 0.25) is 0 Å². The van der Waals surface area contributed by atoms with Gasteiger partial charge in [0.25, 0.3) is 0 Å². The number of nitrogens with zero attached hydrogens (tertiary/aromatic N) is 2. The zero-order valence-electron chi connectivity index (χ0n) is 5.26. The van der Waals surface area contributed by atoms with E-state index in [0.29, 0.717) is 0 Å². The van der Waals surface area contributed by atoms with E-state index in [1.165, 1.54) is 0 Å². The Balaban J connectivity index is 2.84. The van der Waals surface area contributed by atoms with Gasteiger partial charge in [0, 0.05) is 18.8 Å². The van der Waals surface area contributed by atoms with Crippen LogP contribution in [0.25, 0.3) is 0 Å². The van der Waals surface area contributed by atoms with Gasteiger partial charge in [-0.05, 0) is 0 Å². The van der Waals surface area contributed by atoms with Crippen LogP contribution in [0.4, 0.5) is 0 Å². The lowest BCUT2D eigenvalue weighted by Crippen LogP contribution is -2.10. The maximum Gasteiger partial charge on any atom is 0.181 e. The molecular formula is C5H9BN2. The first-order chi connectivity index (χ1) is 3.83. The van der Waals surface area contributed by atoms with Crippen molar-refractivity contribution < 1.29 is 0 Å². The van der Waals surface area contributed by atoms with E-state index in [4.69, 9.17) is 0 Å². The molecule has 0 N–H and O–H groups in total. The van der Waals surface area contributed by atoms with Crippen molar-refractivity contribution in [3.05, 3.63) is 12.5 Å². The summed E-state index contributed by atoms with van der Waals surface area (Å²) in [6.45, 7) is 2.10. The smallest absolute Gasteiger partial charge is 0.181 e. The summed E-state index contributed by atoms with van der Waals surface area (Å²) in [5, 5.41) is 0. The molecule has 0 saturated heterocycles. The molecule has 1 heterocycles. The van der Waals surface area contributed by atoms with Gasteiger partial charge in [-0.25, -0.2) is 0 Å². The van der Waals surface area contributed by atoms with Gasteiger partial charge in [-0.3, -0.25) is 4.98 Å². The Bertz CT molecular complexity index is 171. The highest BCUT2D eigenvalue weighted by atomic mass is 15.0. The average molecular weight is 108 g/mol. The number of imidazole rings is 1. The number of aromatic nitrogens is 2. The van der Waals surface area contributed by atoms with Crippen LogP contribution in [-0.2, 0) is 7.05 Å². The topological polar surface area (TPSA) is 17.8 Å². The molecule has 0 amide bonds. The van der Waals surface area contributed by atoms with Crippen molar-refractivity contribution in [2.45, 2.75) is 6.82 Å². The summed E-state index contributed by atoms with van der Waals surface area (Å²) in [5.74, 6) is 0. The quantitative estimate of drug-likeness (QED) is 0.444. The van der Waals surface area contributed by atoms with E-state index < -0.39 is 0 Å². The van der Waals surface area contributed by atoms with Crippen molar-refractivity contribution in [3.8, 4) is 0 Å². The van der Waals surface area contributed by atoms with Gasteiger partial charge < -0.3 is 4.57 Å². The zero-order chi connectivity index (χ0) is 5.98. The molecule has 1 aromatic rings. The van der Waals surface area contributed by atoms with Crippen LogP contribution in [0.15, 0.2) is 12.5 Å². The Kier molecular flexibility index (Phi) is 1.37. The number of rotatable bonds is 1. The molecule has 42 valence electrons. The van der Waals surface area contributed by atoms with E-state index in [0.717, 1.165) is 12.9 Å². The van der Waals surface area contributed by atoms with Gasteiger partial charge in [-0.15, -0.1) is 0 Å². The van der Waals surface area contributed by atoms with Crippen LogP contribution in [0.5, 0.6) is 0 Å². The predicted molar refractivity (Wildman–Crippen MR) is 35.9 cm³/mol. The van der Waals surface area contributed by atoms with Crippen LogP contribution in [0.2, 0.25) is 6.82 Å². The highest BCUT2D eigenvalue weighted by Crippen LogP contribution is 1.73. The highest BCUT2D eigenvalue weighted by molar-refractivity contribution is 6.50. The summed E-state index contributed by atoms with van der Waals surface area (Å²) < 4.78 is 1.96. The second kappa shape index (κ2) is 2.03. The largest absolute Gasteiger partial charge is 0.341 e. The Labute approximate surface area is 49.8 Å². The molecule has 0 aromatic carbocycles. The SMILES string of the molecule is CBc1cn(C)cn1. The molecule has 0 atom stereocenters. The lowest BCUT2D eigenvalue weighted by Gasteiger charge is -1.80. The monoisotopic (exact) mass is 108 g/mol. The molecule has 0 saturated carbocycles. The molecule has 0 aliphatic carbocycles. The first-order valence-corrected chi connectivity index (χ1v) is 2.79. The lowest BCUT2D eigenvalue weighted by atomic mass is 9.79. The van der Waals surface area contributed by atoms with Crippen molar-refractivity contribution >= 4 is 12.9 Å². The van der Waals surface area contributed by atoms with Crippen LogP contribution in [0.1, 0.15) is 0 Å². The molecule has 0 aliphatic rings. The lowest BCUT2D eigenvalue weighted by molar-refractivity contribution is 0.914. The summed E-state index contributed by atoms with van der Waals surface area (Å²) in [7, 11) is 3.01. The van der Waals surface area contributed by atoms with Crippen molar-refractivity contribution in [2.24, 2.45) is 7.05 Å². The summed E-state index contributed by atoms with van der Waals surface area (Å²) in [6.07, 6.45) is 3.85. The Morgan fingerprint density at radius 2 is 2.50 bits per heavy atom. The summed E-state index contributed by atoms with van der Waals surface area (Å²) in [4.78, 5) is 4.10. The van der Waals surface area contributed by atoms with E-state index in [1.807, 2.05) is 24.1 Å². The summed E-state index contributed by atoms with van der Waals surface area (Å²) in [6, 6.07) is 0. The minimum Gasteiger partial charge on any atom is -0.341 e. The van der Waals surface area contributed by atoms with Crippen LogP contribution in [0.3, 0.4) is 0 Å². The number of aryl methyl sites for hydroxylation is 1. The number of hydrogen-bond donors (Lipinski definition) is 0. The van der Waals surface area contributed by atoms with E-state index in [9.17, 15) is 0 Å². The minimum atomic E-state index is 1.03. The summed E-state index contributed by atoms with van der Waals surface area (Å²) >= 11 is 0. The molecule has 1 aromatic heterocycles. The van der Waals surface area contributed by atoms with Gasteiger partial charge >= 0.3 is 0 Å². The zero-order valence-corrected chi connectivity index (χ0v) is 5.26. The fraction of sp³-hybridized carbons (Fsp3) is 0.400. The first-order valence-electron chi connectivity index (χ1n) is 2.79. The van der Waals surface area contributed by atoms with Crippen LogP contribution in [-0.4, -0.2) is 16.8 Å². The van der Waals surface area contributed by atoms with E-state index >= 15 is 0 Å². The van der Waals surface area contributed by atoms with Gasteiger partial charge in [0.15, 0.2) is 7.28 Å². The average Bonchev–Trinajstić information content (AvgIpc) is 2.14. The molecule has 2 nitrogen and oxygen atoms in total. The van der Waals surface area contributed by atoms with E-state index in [1.54, 1.807) is 0 Å².